The number of aromatic amines is 1. The maximum Gasteiger partial charge on any atom is 0.355 e. The van der Waals surface area contributed by atoms with E-state index in [-0.39, 0.29) is 5.97 Å². The molecule has 0 spiro atoms. The van der Waals surface area contributed by atoms with Gasteiger partial charge in [-0.25, -0.2) is 14.8 Å². The Morgan fingerprint density at radius 2 is 1.81 bits per heavy atom. The lowest BCUT2D eigenvalue weighted by Gasteiger charge is -2.10. The standard InChI is InChI=1S/C24H21IN4O2/c1-3-31-23(30)22-21(16-7-5-4-6-8-16)20(15(2)27-22)19-13-14-26-24(29-19)28-18-11-9-17(25)10-12-18/h4-14,27H,3H2,1-2H3,(H,26,28,29). The zero-order valence-electron chi connectivity index (χ0n) is 17.1. The second-order valence-corrected chi connectivity index (χ2v) is 8.10. The van der Waals surface area contributed by atoms with Gasteiger partial charge in [-0.1, -0.05) is 30.3 Å². The highest BCUT2D eigenvalue weighted by molar-refractivity contribution is 14.1. The molecule has 2 aromatic carbocycles. The molecule has 2 N–H and O–H groups in total. The first-order chi connectivity index (χ1) is 15.1. The second-order valence-electron chi connectivity index (χ2n) is 6.86. The van der Waals surface area contributed by atoms with Crippen LogP contribution in [0.3, 0.4) is 0 Å². The number of nitrogens with zero attached hydrogens (tertiary/aromatic N) is 2. The smallest absolute Gasteiger partial charge is 0.355 e. The van der Waals surface area contributed by atoms with Crippen molar-refractivity contribution in [2.45, 2.75) is 13.8 Å². The molecule has 0 bridgehead atoms. The number of halogens is 1. The summed E-state index contributed by atoms with van der Waals surface area (Å²) in [5.74, 6) is 0.0954. The van der Waals surface area contributed by atoms with Crippen molar-refractivity contribution < 1.29 is 9.53 Å². The minimum Gasteiger partial charge on any atom is -0.461 e. The third kappa shape index (κ3) is 4.61. The van der Waals surface area contributed by atoms with Gasteiger partial charge in [0.1, 0.15) is 5.69 Å². The van der Waals surface area contributed by atoms with Crippen molar-refractivity contribution >= 4 is 40.2 Å². The molecule has 2 aromatic heterocycles. The van der Waals surface area contributed by atoms with Gasteiger partial charge in [0.05, 0.1) is 12.3 Å². The Morgan fingerprint density at radius 3 is 2.52 bits per heavy atom. The molecule has 0 aliphatic rings. The number of carbonyl (C=O) groups excluding carboxylic acids is 1. The van der Waals surface area contributed by atoms with Crippen LogP contribution in [0.1, 0.15) is 23.1 Å². The monoisotopic (exact) mass is 524 g/mol. The SMILES string of the molecule is CCOC(=O)c1[nH]c(C)c(-c2ccnc(Nc3ccc(I)cc3)n2)c1-c1ccccc1. The Hall–Kier alpha value is -3.20. The van der Waals surface area contributed by atoms with Crippen LogP contribution < -0.4 is 5.32 Å². The van der Waals surface area contributed by atoms with Gasteiger partial charge in [-0.2, -0.15) is 0 Å². The third-order valence-corrected chi connectivity index (χ3v) is 5.46. The lowest BCUT2D eigenvalue weighted by molar-refractivity contribution is 0.0521. The molecule has 4 rings (SSSR count). The minimum absolute atomic E-state index is 0.304. The van der Waals surface area contributed by atoms with Gasteiger partial charge in [-0.05, 0) is 72.3 Å². The molecule has 0 aliphatic heterocycles. The number of ether oxygens (including phenoxy) is 1. The average molecular weight is 524 g/mol. The van der Waals surface area contributed by atoms with Crippen LogP contribution in [0, 0.1) is 10.5 Å². The molecule has 0 atom stereocenters. The first-order valence-electron chi connectivity index (χ1n) is 9.88. The maximum absolute atomic E-state index is 12.7. The van der Waals surface area contributed by atoms with Crippen molar-refractivity contribution in [2.24, 2.45) is 0 Å². The summed E-state index contributed by atoms with van der Waals surface area (Å²) in [6, 6.07) is 19.6. The fourth-order valence-electron chi connectivity index (χ4n) is 3.42. The number of hydrogen-bond acceptors (Lipinski definition) is 5. The zero-order chi connectivity index (χ0) is 21.8. The van der Waals surface area contributed by atoms with Gasteiger partial charge < -0.3 is 15.0 Å². The van der Waals surface area contributed by atoms with Crippen molar-refractivity contribution in [3.05, 3.63) is 81.8 Å². The molecule has 2 heterocycles. The van der Waals surface area contributed by atoms with Gasteiger partial charge in [0.25, 0.3) is 0 Å². The normalized spacial score (nSPS) is 10.7. The summed E-state index contributed by atoms with van der Waals surface area (Å²) < 4.78 is 6.44. The molecule has 0 aliphatic carbocycles. The number of rotatable bonds is 6. The van der Waals surface area contributed by atoms with E-state index in [1.807, 2.05) is 67.6 Å². The number of aryl methyl sites for hydroxylation is 1. The van der Waals surface area contributed by atoms with E-state index in [1.165, 1.54) is 0 Å². The van der Waals surface area contributed by atoms with Crippen molar-refractivity contribution in [2.75, 3.05) is 11.9 Å². The fraction of sp³-hybridized carbons (Fsp3) is 0.125. The molecule has 0 fully saturated rings. The highest BCUT2D eigenvalue weighted by atomic mass is 127. The van der Waals surface area contributed by atoms with E-state index >= 15 is 0 Å². The molecule has 0 saturated carbocycles. The predicted octanol–water partition coefficient (Wildman–Crippen LogP) is 5.97. The molecule has 7 heteroatoms. The Kier molecular flexibility index (Phi) is 6.31. The quantitative estimate of drug-likeness (QED) is 0.240. The molecular formula is C24H21IN4O2. The maximum atomic E-state index is 12.7. The van der Waals surface area contributed by atoms with E-state index in [1.54, 1.807) is 13.1 Å². The molecule has 6 nitrogen and oxygen atoms in total. The van der Waals surface area contributed by atoms with Crippen molar-refractivity contribution in [3.8, 4) is 22.4 Å². The Balaban J connectivity index is 1.80. The molecule has 31 heavy (non-hydrogen) atoms. The minimum atomic E-state index is -0.387. The van der Waals surface area contributed by atoms with Crippen LogP contribution >= 0.6 is 22.6 Å². The molecule has 0 radical (unpaired) electrons. The lowest BCUT2D eigenvalue weighted by atomic mass is 9.98. The number of esters is 1. The first-order valence-corrected chi connectivity index (χ1v) is 11.0. The van der Waals surface area contributed by atoms with E-state index in [2.05, 4.69) is 37.9 Å². The number of carbonyl (C=O) groups is 1. The average Bonchev–Trinajstić information content (AvgIpc) is 3.13. The van der Waals surface area contributed by atoms with Crippen LogP contribution in [0.25, 0.3) is 22.4 Å². The van der Waals surface area contributed by atoms with Crippen LogP contribution in [0.4, 0.5) is 11.6 Å². The summed E-state index contributed by atoms with van der Waals surface area (Å²) in [7, 11) is 0. The van der Waals surface area contributed by atoms with Gasteiger partial charge in [-0.3, -0.25) is 0 Å². The number of H-pyrrole nitrogens is 1. The van der Waals surface area contributed by atoms with Gasteiger partial charge in [0.15, 0.2) is 0 Å². The topological polar surface area (TPSA) is 79.9 Å². The summed E-state index contributed by atoms with van der Waals surface area (Å²) in [5, 5.41) is 3.24. The molecule has 0 unspecified atom stereocenters. The van der Waals surface area contributed by atoms with Crippen molar-refractivity contribution in [1.82, 2.24) is 15.0 Å². The number of benzene rings is 2. The molecule has 0 amide bonds. The lowest BCUT2D eigenvalue weighted by Crippen LogP contribution is -2.06. The van der Waals surface area contributed by atoms with E-state index in [9.17, 15) is 4.79 Å². The van der Waals surface area contributed by atoms with E-state index in [0.29, 0.717) is 23.9 Å². The van der Waals surface area contributed by atoms with Crippen LogP contribution in [0.15, 0.2) is 66.9 Å². The molecule has 156 valence electrons. The van der Waals surface area contributed by atoms with Crippen LogP contribution in [-0.2, 0) is 4.74 Å². The number of aromatic nitrogens is 3. The summed E-state index contributed by atoms with van der Waals surface area (Å²) in [6.07, 6.45) is 1.71. The molecule has 0 saturated heterocycles. The fourth-order valence-corrected chi connectivity index (χ4v) is 3.78. The summed E-state index contributed by atoms with van der Waals surface area (Å²) >= 11 is 2.27. The Morgan fingerprint density at radius 1 is 1.06 bits per heavy atom. The van der Waals surface area contributed by atoms with Gasteiger partial charge in [-0.15, -0.1) is 0 Å². The van der Waals surface area contributed by atoms with Crippen LogP contribution in [0.5, 0.6) is 0 Å². The van der Waals surface area contributed by atoms with Crippen LogP contribution in [-0.4, -0.2) is 27.5 Å². The van der Waals surface area contributed by atoms with Gasteiger partial charge in [0.2, 0.25) is 5.95 Å². The largest absolute Gasteiger partial charge is 0.461 e. The highest BCUT2D eigenvalue weighted by Gasteiger charge is 2.24. The van der Waals surface area contributed by atoms with E-state index in [0.717, 1.165) is 31.6 Å². The molecular weight excluding hydrogens is 503 g/mol. The Labute approximate surface area is 194 Å². The first kappa shape index (κ1) is 21.0. The predicted molar refractivity (Wildman–Crippen MR) is 130 cm³/mol. The Bertz CT molecular complexity index is 1200. The highest BCUT2D eigenvalue weighted by Crippen LogP contribution is 2.37. The van der Waals surface area contributed by atoms with E-state index in [4.69, 9.17) is 9.72 Å². The van der Waals surface area contributed by atoms with E-state index < -0.39 is 0 Å². The number of nitrogens with one attached hydrogen (secondary N) is 2. The number of hydrogen-bond donors (Lipinski definition) is 2. The van der Waals surface area contributed by atoms with Gasteiger partial charge in [0, 0.05) is 32.3 Å². The second kappa shape index (κ2) is 9.30. The number of anilines is 2. The summed E-state index contributed by atoms with van der Waals surface area (Å²) in [5.41, 5.74) is 5.41. The van der Waals surface area contributed by atoms with Crippen molar-refractivity contribution in [3.63, 3.8) is 0 Å². The van der Waals surface area contributed by atoms with Gasteiger partial charge >= 0.3 is 5.97 Å². The van der Waals surface area contributed by atoms with Crippen molar-refractivity contribution in [1.29, 1.82) is 0 Å². The molecule has 4 aromatic rings. The summed E-state index contributed by atoms with van der Waals surface area (Å²) in [6.45, 7) is 4.03. The zero-order valence-corrected chi connectivity index (χ0v) is 19.3. The third-order valence-electron chi connectivity index (χ3n) is 4.74. The summed E-state index contributed by atoms with van der Waals surface area (Å²) in [4.78, 5) is 25.0. The van der Waals surface area contributed by atoms with Crippen LogP contribution in [0.2, 0.25) is 0 Å².